The number of hydrogen-bond acceptors (Lipinski definition) is 5. The van der Waals surface area contributed by atoms with Crippen molar-refractivity contribution in [3.63, 3.8) is 0 Å². The van der Waals surface area contributed by atoms with Crippen LogP contribution >= 0.6 is 11.8 Å². The monoisotopic (exact) mass is 484 g/mol. The van der Waals surface area contributed by atoms with Crippen LogP contribution in [-0.4, -0.2) is 65.7 Å². The van der Waals surface area contributed by atoms with Crippen LogP contribution < -0.4 is 5.32 Å². The number of ether oxygens (including phenoxy) is 1. The van der Waals surface area contributed by atoms with Crippen molar-refractivity contribution in [2.24, 2.45) is 0 Å². The van der Waals surface area contributed by atoms with Crippen LogP contribution in [0.4, 0.5) is 4.79 Å². The number of carboxylic acids is 1. The van der Waals surface area contributed by atoms with Crippen molar-refractivity contribution in [1.82, 2.24) is 10.2 Å². The van der Waals surface area contributed by atoms with Gasteiger partial charge >= 0.3 is 12.1 Å². The highest BCUT2D eigenvalue weighted by Crippen LogP contribution is 2.44. The van der Waals surface area contributed by atoms with Crippen LogP contribution in [0.2, 0.25) is 0 Å². The molecule has 34 heavy (non-hydrogen) atoms. The highest BCUT2D eigenvalue weighted by Gasteiger charge is 2.28. The van der Waals surface area contributed by atoms with Gasteiger partial charge in [-0.05, 0) is 42.0 Å². The Labute approximate surface area is 204 Å². The van der Waals surface area contributed by atoms with E-state index in [1.165, 1.54) is 34.0 Å². The SMILES string of the molecule is CCN(CCCCC(=O)O)C(=O)CSCCNC(=O)OCC1c2ccccc2-c2ccccc21. The van der Waals surface area contributed by atoms with Crippen LogP contribution in [0.3, 0.4) is 0 Å². The lowest BCUT2D eigenvalue weighted by Crippen LogP contribution is -2.33. The van der Waals surface area contributed by atoms with Crippen LogP contribution in [-0.2, 0) is 14.3 Å². The maximum absolute atomic E-state index is 12.3. The van der Waals surface area contributed by atoms with Gasteiger partial charge in [-0.3, -0.25) is 9.59 Å². The van der Waals surface area contributed by atoms with E-state index < -0.39 is 12.1 Å². The zero-order chi connectivity index (χ0) is 24.3. The summed E-state index contributed by atoms with van der Waals surface area (Å²) in [6.07, 6.45) is 0.917. The number of nitrogens with one attached hydrogen (secondary N) is 1. The molecule has 0 aliphatic heterocycles. The molecule has 2 aromatic carbocycles. The summed E-state index contributed by atoms with van der Waals surface area (Å²) in [7, 11) is 0. The van der Waals surface area contributed by atoms with Gasteiger partial charge in [-0.1, -0.05) is 48.5 Å². The number of benzene rings is 2. The minimum atomic E-state index is -0.811. The lowest BCUT2D eigenvalue weighted by atomic mass is 9.98. The molecule has 0 unspecified atom stereocenters. The Hall–Kier alpha value is -3.00. The molecule has 3 rings (SSSR count). The molecule has 0 bridgehead atoms. The molecule has 0 atom stereocenters. The van der Waals surface area contributed by atoms with Crippen LogP contribution in [0, 0.1) is 0 Å². The first-order chi connectivity index (χ1) is 16.5. The van der Waals surface area contributed by atoms with Gasteiger partial charge in [0.1, 0.15) is 6.61 Å². The molecule has 0 saturated heterocycles. The highest BCUT2D eigenvalue weighted by atomic mass is 32.2. The molecule has 0 saturated carbocycles. The van der Waals surface area contributed by atoms with Gasteiger partial charge in [0.15, 0.2) is 0 Å². The van der Waals surface area contributed by atoms with Crippen molar-refractivity contribution in [3.8, 4) is 11.1 Å². The molecule has 2 aromatic rings. The molecule has 182 valence electrons. The second kappa shape index (κ2) is 13.0. The fourth-order valence-electron chi connectivity index (χ4n) is 4.16. The number of amides is 2. The van der Waals surface area contributed by atoms with E-state index in [1.807, 2.05) is 31.2 Å². The number of fused-ring (bicyclic) bond motifs is 3. The molecule has 1 aliphatic carbocycles. The van der Waals surface area contributed by atoms with Gasteiger partial charge in [0.05, 0.1) is 5.75 Å². The number of carbonyl (C=O) groups is 3. The maximum Gasteiger partial charge on any atom is 0.407 e. The fraction of sp³-hybridized carbons (Fsp3) is 0.423. The second-order valence-electron chi connectivity index (χ2n) is 8.13. The third kappa shape index (κ3) is 7.00. The van der Waals surface area contributed by atoms with Gasteiger partial charge < -0.3 is 20.1 Å². The van der Waals surface area contributed by atoms with Crippen LogP contribution in [0.5, 0.6) is 0 Å². The summed E-state index contributed by atoms with van der Waals surface area (Å²) in [4.78, 5) is 36.9. The van der Waals surface area contributed by atoms with Crippen molar-refractivity contribution in [1.29, 1.82) is 0 Å². The first-order valence-corrected chi connectivity index (χ1v) is 12.8. The molecule has 0 spiro atoms. The average Bonchev–Trinajstić information content (AvgIpc) is 3.16. The zero-order valence-corrected chi connectivity index (χ0v) is 20.3. The van der Waals surface area contributed by atoms with Gasteiger partial charge in [-0.2, -0.15) is 11.8 Å². The molecule has 7 nitrogen and oxygen atoms in total. The molecule has 2 amide bonds. The van der Waals surface area contributed by atoms with E-state index in [-0.39, 0.29) is 24.9 Å². The van der Waals surface area contributed by atoms with Crippen molar-refractivity contribution in [2.75, 3.05) is 37.7 Å². The molecule has 1 aliphatic rings. The number of carbonyl (C=O) groups excluding carboxylic acids is 2. The van der Waals surface area contributed by atoms with Gasteiger partial charge in [-0.15, -0.1) is 0 Å². The topological polar surface area (TPSA) is 95.9 Å². The van der Waals surface area contributed by atoms with Crippen molar-refractivity contribution < 1.29 is 24.2 Å². The number of alkyl carbamates (subject to hydrolysis) is 1. The Bertz CT molecular complexity index is 951. The number of unbranched alkanes of at least 4 members (excludes halogenated alkanes) is 1. The predicted molar refractivity (Wildman–Crippen MR) is 134 cm³/mol. The Morgan fingerprint density at radius 2 is 1.68 bits per heavy atom. The number of aliphatic carboxylic acids is 1. The first-order valence-electron chi connectivity index (χ1n) is 11.7. The average molecular weight is 485 g/mol. The molecule has 0 radical (unpaired) electrons. The Balaban J connectivity index is 1.34. The third-order valence-corrected chi connectivity index (χ3v) is 6.83. The van der Waals surface area contributed by atoms with Crippen molar-refractivity contribution in [3.05, 3.63) is 59.7 Å². The largest absolute Gasteiger partial charge is 0.481 e. The first kappa shape index (κ1) is 25.6. The van der Waals surface area contributed by atoms with E-state index in [1.54, 1.807) is 4.90 Å². The summed E-state index contributed by atoms with van der Waals surface area (Å²) in [6.45, 7) is 3.78. The maximum atomic E-state index is 12.3. The lowest BCUT2D eigenvalue weighted by molar-refractivity contribution is -0.137. The number of nitrogens with zero attached hydrogens (tertiary/aromatic N) is 1. The predicted octanol–water partition coefficient (Wildman–Crippen LogP) is 4.36. The number of rotatable bonds is 13. The highest BCUT2D eigenvalue weighted by molar-refractivity contribution is 7.99. The Morgan fingerprint density at radius 1 is 1.03 bits per heavy atom. The molecule has 0 aromatic heterocycles. The third-order valence-electron chi connectivity index (χ3n) is 5.89. The zero-order valence-electron chi connectivity index (χ0n) is 19.5. The number of hydrogen-bond donors (Lipinski definition) is 2. The fourth-order valence-corrected chi connectivity index (χ4v) is 4.91. The molecule has 0 fully saturated rings. The second-order valence-corrected chi connectivity index (χ2v) is 9.23. The quantitative estimate of drug-likeness (QED) is 0.410. The Morgan fingerprint density at radius 3 is 2.29 bits per heavy atom. The summed E-state index contributed by atoms with van der Waals surface area (Å²) in [5.41, 5.74) is 4.73. The summed E-state index contributed by atoms with van der Waals surface area (Å²) in [6, 6.07) is 16.4. The van der Waals surface area contributed by atoms with E-state index in [2.05, 4.69) is 29.6 Å². The molecule has 0 heterocycles. The van der Waals surface area contributed by atoms with Crippen LogP contribution in [0.25, 0.3) is 11.1 Å². The van der Waals surface area contributed by atoms with Gasteiger partial charge in [0.25, 0.3) is 0 Å². The van der Waals surface area contributed by atoms with E-state index in [4.69, 9.17) is 9.84 Å². The van der Waals surface area contributed by atoms with Gasteiger partial charge in [0, 0.05) is 37.7 Å². The van der Waals surface area contributed by atoms with Crippen molar-refractivity contribution in [2.45, 2.75) is 32.1 Å². The normalized spacial score (nSPS) is 12.0. The van der Waals surface area contributed by atoms with E-state index >= 15 is 0 Å². The van der Waals surface area contributed by atoms with Crippen molar-refractivity contribution >= 4 is 29.7 Å². The van der Waals surface area contributed by atoms with E-state index in [9.17, 15) is 14.4 Å². The number of thioether (sulfide) groups is 1. The summed E-state index contributed by atoms with van der Waals surface area (Å²) in [5.74, 6) is 0.185. The standard InChI is InChI=1S/C26H32N2O5S/c1-2-28(15-8-7-13-25(30)31)24(29)18-34-16-14-27-26(32)33-17-23-21-11-5-3-9-19(21)20-10-4-6-12-22(20)23/h3-6,9-12,23H,2,7-8,13-18H2,1H3,(H,27,32)(H,30,31). The molecular formula is C26H32N2O5S. The van der Waals surface area contributed by atoms with Crippen LogP contribution in [0.15, 0.2) is 48.5 Å². The molecule has 8 heteroatoms. The summed E-state index contributed by atoms with van der Waals surface area (Å²) >= 11 is 1.46. The van der Waals surface area contributed by atoms with Gasteiger partial charge in [-0.25, -0.2) is 4.79 Å². The van der Waals surface area contributed by atoms with Crippen LogP contribution in [0.1, 0.15) is 43.2 Å². The lowest BCUT2D eigenvalue weighted by Gasteiger charge is -2.20. The van der Waals surface area contributed by atoms with E-state index in [0.717, 1.165) is 0 Å². The minimum absolute atomic E-state index is 0.0284. The minimum Gasteiger partial charge on any atom is -0.481 e. The number of carboxylic acid groups (broad SMARTS) is 1. The van der Waals surface area contributed by atoms with Gasteiger partial charge in [0.2, 0.25) is 5.91 Å². The Kier molecular flexibility index (Phi) is 9.82. The van der Waals surface area contributed by atoms with E-state index in [0.29, 0.717) is 44.0 Å². The smallest absolute Gasteiger partial charge is 0.407 e. The molecular weight excluding hydrogens is 452 g/mol. The molecule has 2 N–H and O–H groups in total. The summed E-state index contributed by atoms with van der Waals surface area (Å²) in [5, 5.41) is 11.5. The summed E-state index contributed by atoms with van der Waals surface area (Å²) < 4.78 is 5.52.